The van der Waals surface area contributed by atoms with E-state index in [4.69, 9.17) is 34.0 Å². The maximum atomic E-state index is 10.9. The van der Waals surface area contributed by atoms with Crippen LogP contribution in [0.3, 0.4) is 0 Å². The molecule has 3 N–H and O–H groups in total. The lowest BCUT2D eigenvalue weighted by molar-refractivity contribution is -0.139. The van der Waals surface area contributed by atoms with E-state index in [1.165, 1.54) is 0 Å². The Morgan fingerprint density at radius 3 is 2.73 bits per heavy atom. The molecule has 0 radical (unpaired) electrons. The molecular weight excluding hydrogens is 237 g/mol. The second-order valence-corrected chi connectivity index (χ2v) is 4.53. The summed E-state index contributed by atoms with van der Waals surface area (Å²) in [7, 11) is 0. The Hall–Kier alpha value is -0.770. The van der Waals surface area contributed by atoms with E-state index in [0.29, 0.717) is 22.0 Å². The van der Waals surface area contributed by atoms with Crippen LogP contribution in [0.4, 0.5) is 0 Å². The summed E-state index contributed by atoms with van der Waals surface area (Å²) in [5, 5.41) is 9.73. The van der Waals surface area contributed by atoms with E-state index in [1.54, 1.807) is 18.2 Å². The average molecular weight is 246 g/mol. The Morgan fingerprint density at radius 1 is 1.53 bits per heavy atom. The minimum absolute atomic E-state index is 0.235. The molecule has 80 valence electrons. The quantitative estimate of drug-likeness (QED) is 0.841. The predicted molar refractivity (Wildman–Crippen MR) is 58.4 cm³/mol. The SMILES string of the molecule is NC1(C(=O)O)CC1c1cccc(Cl)c1Cl. The monoisotopic (exact) mass is 245 g/mol. The summed E-state index contributed by atoms with van der Waals surface area (Å²) in [6.07, 6.45) is 0.405. The van der Waals surface area contributed by atoms with Crippen LogP contribution in [0.5, 0.6) is 0 Å². The summed E-state index contributed by atoms with van der Waals surface area (Å²) in [6.45, 7) is 0. The highest BCUT2D eigenvalue weighted by molar-refractivity contribution is 6.42. The molecule has 1 fully saturated rings. The van der Waals surface area contributed by atoms with Gasteiger partial charge in [-0.2, -0.15) is 0 Å². The summed E-state index contributed by atoms with van der Waals surface area (Å²) in [5.74, 6) is -1.23. The topological polar surface area (TPSA) is 63.3 Å². The zero-order valence-corrected chi connectivity index (χ0v) is 9.22. The summed E-state index contributed by atoms with van der Waals surface area (Å²) < 4.78 is 0. The first-order chi connectivity index (χ1) is 6.97. The largest absolute Gasteiger partial charge is 0.480 e. The van der Waals surface area contributed by atoms with Crippen molar-refractivity contribution in [2.24, 2.45) is 5.73 Å². The van der Waals surface area contributed by atoms with Crippen LogP contribution in [-0.2, 0) is 4.79 Å². The predicted octanol–water partition coefficient (Wildman–Crippen LogP) is 2.26. The summed E-state index contributed by atoms with van der Waals surface area (Å²) in [5.41, 5.74) is 5.23. The molecule has 2 atom stereocenters. The number of aliphatic carboxylic acids is 1. The van der Waals surface area contributed by atoms with Gasteiger partial charge in [0.05, 0.1) is 10.0 Å². The number of hydrogen-bond acceptors (Lipinski definition) is 2. The number of benzene rings is 1. The standard InChI is InChI=1S/C10H9Cl2NO2/c11-7-3-1-2-5(8(7)12)6-4-10(6,13)9(14)15/h1-3,6H,4,13H2,(H,14,15). The molecule has 2 unspecified atom stereocenters. The van der Waals surface area contributed by atoms with Gasteiger partial charge < -0.3 is 10.8 Å². The van der Waals surface area contributed by atoms with Crippen molar-refractivity contribution in [2.75, 3.05) is 0 Å². The van der Waals surface area contributed by atoms with Gasteiger partial charge in [-0.1, -0.05) is 35.3 Å². The van der Waals surface area contributed by atoms with E-state index in [2.05, 4.69) is 0 Å². The molecule has 0 bridgehead atoms. The van der Waals surface area contributed by atoms with E-state index in [1.807, 2.05) is 0 Å². The second kappa shape index (κ2) is 3.37. The molecule has 1 aromatic rings. The van der Waals surface area contributed by atoms with Crippen molar-refractivity contribution in [3.05, 3.63) is 33.8 Å². The number of rotatable bonds is 2. The zero-order chi connectivity index (χ0) is 11.2. The number of hydrogen-bond donors (Lipinski definition) is 2. The van der Waals surface area contributed by atoms with Crippen molar-refractivity contribution in [3.8, 4) is 0 Å². The molecule has 0 saturated heterocycles. The fraction of sp³-hybridized carbons (Fsp3) is 0.300. The third kappa shape index (κ3) is 1.61. The van der Waals surface area contributed by atoms with Crippen LogP contribution in [0.15, 0.2) is 18.2 Å². The van der Waals surface area contributed by atoms with Crippen LogP contribution in [-0.4, -0.2) is 16.6 Å². The van der Waals surface area contributed by atoms with Crippen molar-refractivity contribution < 1.29 is 9.90 Å². The van der Waals surface area contributed by atoms with Crippen LogP contribution in [0, 0.1) is 0 Å². The van der Waals surface area contributed by atoms with Gasteiger partial charge >= 0.3 is 5.97 Å². The summed E-state index contributed by atoms with van der Waals surface area (Å²) in [4.78, 5) is 10.9. The van der Waals surface area contributed by atoms with Crippen LogP contribution >= 0.6 is 23.2 Å². The first kappa shape index (κ1) is 10.7. The van der Waals surface area contributed by atoms with Crippen LogP contribution in [0.1, 0.15) is 17.9 Å². The highest BCUT2D eigenvalue weighted by atomic mass is 35.5. The Bertz CT molecular complexity index is 435. The van der Waals surface area contributed by atoms with E-state index in [-0.39, 0.29) is 5.92 Å². The van der Waals surface area contributed by atoms with Crippen molar-refractivity contribution in [2.45, 2.75) is 17.9 Å². The molecule has 1 aromatic carbocycles. The fourth-order valence-corrected chi connectivity index (χ4v) is 2.13. The average Bonchev–Trinajstić information content (AvgIpc) is 2.84. The molecule has 0 aromatic heterocycles. The van der Waals surface area contributed by atoms with E-state index in [0.717, 1.165) is 0 Å². The first-order valence-corrected chi connectivity index (χ1v) is 5.18. The van der Waals surface area contributed by atoms with Gasteiger partial charge in [0.15, 0.2) is 0 Å². The lowest BCUT2D eigenvalue weighted by atomic mass is 10.1. The van der Waals surface area contributed by atoms with E-state index >= 15 is 0 Å². The highest BCUT2D eigenvalue weighted by Gasteiger charge is 2.58. The number of carboxylic acid groups (broad SMARTS) is 1. The zero-order valence-electron chi connectivity index (χ0n) is 7.71. The van der Waals surface area contributed by atoms with Gasteiger partial charge in [-0.3, -0.25) is 4.79 Å². The Kier molecular flexibility index (Phi) is 2.41. The number of nitrogens with two attached hydrogens (primary N) is 1. The molecule has 0 spiro atoms. The van der Waals surface area contributed by atoms with Gasteiger partial charge in [0.1, 0.15) is 5.54 Å². The molecular formula is C10H9Cl2NO2. The lowest BCUT2D eigenvalue weighted by Gasteiger charge is -2.08. The smallest absolute Gasteiger partial charge is 0.324 e. The van der Waals surface area contributed by atoms with Crippen molar-refractivity contribution in [1.82, 2.24) is 0 Å². The summed E-state index contributed by atoms with van der Waals surface area (Å²) >= 11 is 11.8. The molecule has 0 aliphatic heterocycles. The first-order valence-electron chi connectivity index (χ1n) is 4.43. The Labute approximate surface area is 96.8 Å². The molecule has 0 amide bonds. The molecule has 1 aliphatic rings. The fourth-order valence-electron chi connectivity index (χ4n) is 1.69. The molecule has 0 heterocycles. The van der Waals surface area contributed by atoms with Crippen molar-refractivity contribution in [1.29, 1.82) is 0 Å². The normalized spacial score (nSPS) is 28.9. The molecule has 5 heteroatoms. The van der Waals surface area contributed by atoms with Crippen LogP contribution in [0.2, 0.25) is 10.0 Å². The number of halogens is 2. The second-order valence-electron chi connectivity index (χ2n) is 3.75. The molecule has 2 rings (SSSR count). The maximum absolute atomic E-state index is 10.9. The Morgan fingerprint density at radius 2 is 2.20 bits per heavy atom. The summed E-state index contributed by atoms with van der Waals surface area (Å²) in [6, 6.07) is 5.16. The van der Waals surface area contributed by atoms with Crippen LogP contribution in [0.25, 0.3) is 0 Å². The van der Waals surface area contributed by atoms with Crippen molar-refractivity contribution in [3.63, 3.8) is 0 Å². The molecule has 15 heavy (non-hydrogen) atoms. The van der Waals surface area contributed by atoms with E-state index in [9.17, 15) is 4.79 Å². The van der Waals surface area contributed by atoms with Crippen LogP contribution < -0.4 is 5.73 Å². The highest BCUT2D eigenvalue weighted by Crippen LogP contribution is 2.52. The van der Waals surface area contributed by atoms with Gasteiger partial charge in [-0.15, -0.1) is 0 Å². The van der Waals surface area contributed by atoms with Crippen molar-refractivity contribution >= 4 is 29.2 Å². The lowest BCUT2D eigenvalue weighted by Crippen LogP contribution is -2.34. The minimum atomic E-state index is -1.17. The maximum Gasteiger partial charge on any atom is 0.324 e. The minimum Gasteiger partial charge on any atom is -0.480 e. The van der Waals surface area contributed by atoms with Gasteiger partial charge in [0.25, 0.3) is 0 Å². The van der Waals surface area contributed by atoms with Gasteiger partial charge in [-0.25, -0.2) is 0 Å². The van der Waals surface area contributed by atoms with Gasteiger partial charge in [0, 0.05) is 5.92 Å². The Balaban J connectivity index is 2.35. The third-order valence-corrected chi connectivity index (χ3v) is 3.59. The molecule has 1 aliphatic carbocycles. The third-order valence-electron chi connectivity index (χ3n) is 2.76. The van der Waals surface area contributed by atoms with E-state index < -0.39 is 11.5 Å². The molecule has 3 nitrogen and oxygen atoms in total. The number of carbonyl (C=O) groups is 1. The van der Waals surface area contributed by atoms with Gasteiger partial charge in [0.2, 0.25) is 0 Å². The number of carboxylic acids is 1. The van der Waals surface area contributed by atoms with Gasteiger partial charge in [-0.05, 0) is 18.1 Å². The molecule has 1 saturated carbocycles.